The molecule has 1 N–H and O–H groups in total. The van der Waals surface area contributed by atoms with Gasteiger partial charge < -0.3 is 9.47 Å². The van der Waals surface area contributed by atoms with Crippen molar-refractivity contribution in [3.8, 4) is 11.5 Å². The molecule has 0 spiro atoms. The van der Waals surface area contributed by atoms with Crippen molar-refractivity contribution in [2.75, 3.05) is 13.7 Å². The Morgan fingerprint density at radius 3 is 2.92 bits per heavy atom. The van der Waals surface area contributed by atoms with E-state index in [9.17, 15) is 4.79 Å². The molecule has 0 unspecified atom stereocenters. The Labute approximate surface area is 153 Å². The molecule has 1 aromatic heterocycles. The van der Waals surface area contributed by atoms with Gasteiger partial charge in [-0.05, 0) is 47.5 Å². The van der Waals surface area contributed by atoms with Crippen molar-refractivity contribution in [3.05, 3.63) is 38.3 Å². The predicted octanol–water partition coefficient (Wildman–Crippen LogP) is 3.31. The lowest BCUT2D eigenvalue weighted by Gasteiger charge is -2.11. The van der Waals surface area contributed by atoms with Crippen molar-refractivity contribution < 1.29 is 14.3 Å². The molecule has 6 nitrogen and oxygen atoms in total. The maximum Gasteiger partial charge on any atom is 0.246 e. The molecule has 128 valence electrons. The number of hydrazone groups is 1. The summed E-state index contributed by atoms with van der Waals surface area (Å²) in [4.78, 5) is 16.1. The number of nitrogens with one attached hydrogen (secondary N) is 1. The highest BCUT2D eigenvalue weighted by atomic mass is 79.9. The number of halogens is 1. The Morgan fingerprint density at radius 1 is 1.50 bits per heavy atom. The van der Waals surface area contributed by atoms with Gasteiger partial charge in [0.05, 0.1) is 30.8 Å². The van der Waals surface area contributed by atoms with Crippen LogP contribution < -0.4 is 14.9 Å². The maximum absolute atomic E-state index is 11.8. The zero-order valence-electron chi connectivity index (χ0n) is 13.6. The van der Waals surface area contributed by atoms with Crippen LogP contribution in [-0.2, 0) is 11.2 Å². The molecule has 0 aliphatic rings. The number of ether oxygens (including phenoxy) is 2. The van der Waals surface area contributed by atoms with E-state index in [0.717, 1.165) is 20.7 Å². The highest BCUT2D eigenvalue weighted by molar-refractivity contribution is 9.10. The molecular formula is C16H18BrN3O3S. The number of aromatic nitrogens is 1. The topological polar surface area (TPSA) is 72.8 Å². The van der Waals surface area contributed by atoms with E-state index in [0.29, 0.717) is 18.1 Å². The Kier molecular flexibility index (Phi) is 6.74. The van der Waals surface area contributed by atoms with E-state index < -0.39 is 0 Å². The van der Waals surface area contributed by atoms with Crippen LogP contribution in [0.25, 0.3) is 0 Å². The van der Waals surface area contributed by atoms with Crippen LogP contribution in [0.15, 0.2) is 27.1 Å². The molecule has 2 aromatic rings. The lowest BCUT2D eigenvalue weighted by Crippen LogP contribution is -2.19. The molecule has 2 rings (SSSR count). The van der Waals surface area contributed by atoms with E-state index in [4.69, 9.17) is 9.47 Å². The third-order valence-electron chi connectivity index (χ3n) is 2.92. The number of benzene rings is 1. The number of methoxy groups -OCH3 is 1. The number of nitrogens with zero attached hydrogens (tertiary/aromatic N) is 2. The second kappa shape index (κ2) is 8.79. The molecule has 0 aliphatic carbocycles. The molecular weight excluding hydrogens is 394 g/mol. The van der Waals surface area contributed by atoms with Gasteiger partial charge in [0.2, 0.25) is 5.91 Å². The van der Waals surface area contributed by atoms with Gasteiger partial charge in [-0.2, -0.15) is 5.10 Å². The predicted molar refractivity (Wildman–Crippen MR) is 98.2 cm³/mol. The van der Waals surface area contributed by atoms with Gasteiger partial charge in [0.1, 0.15) is 5.01 Å². The van der Waals surface area contributed by atoms with Crippen molar-refractivity contribution >= 4 is 39.4 Å². The summed E-state index contributed by atoms with van der Waals surface area (Å²) in [5, 5.41) is 6.66. The SMILES string of the molecule is CCOc1cc(/C=N\NC(=O)Cc2nc(C)cs2)cc(Br)c1OC. The average molecular weight is 412 g/mol. The van der Waals surface area contributed by atoms with Gasteiger partial charge >= 0.3 is 0 Å². The van der Waals surface area contributed by atoms with E-state index in [1.165, 1.54) is 11.3 Å². The number of carbonyl (C=O) groups excluding carboxylic acids is 1. The molecule has 0 aliphatic heterocycles. The number of thiazole rings is 1. The minimum atomic E-state index is -0.210. The highest BCUT2D eigenvalue weighted by Crippen LogP contribution is 2.36. The Balaban J connectivity index is 2.01. The van der Waals surface area contributed by atoms with E-state index >= 15 is 0 Å². The number of rotatable bonds is 7. The van der Waals surface area contributed by atoms with Crippen LogP contribution in [0.3, 0.4) is 0 Å². The van der Waals surface area contributed by atoms with E-state index in [2.05, 4.69) is 31.4 Å². The summed E-state index contributed by atoms with van der Waals surface area (Å²) in [7, 11) is 1.58. The summed E-state index contributed by atoms with van der Waals surface area (Å²) < 4.78 is 11.6. The van der Waals surface area contributed by atoms with Crippen LogP contribution in [0.1, 0.15) is 23.2 Å². The number of carbonyl (C=O) groups is 1. The molecule has 1 heterocycles. The fourth-order valence-corrected chi connectivity index (χ4v) is 3.36. The third-order valence-corrected chi connectivity index (χ3v) is 4.47. The molecule has 0 bridgehead atoms. The van der Waals surface area contributed by atoms with Crippen LogP contribution in [0.2, 0.25) is 0 Å². The van der Waals surface area contributed by atoms with E-state index in [1.54, 1.807) is 19.4 Å². The molecule has 1 amide bonds. The first kappa shape index (κ1) is 18.4. The first-order chi connectivity index (χ1) is 11.5. The first-order valence-electron chi connectivity index (χ1n) is 7.26. The Bertz CT molecular complexity index is 746. The second-order valence-corrected chi connectivity index (χ2v) is 6.62. The van der Waals surface area contributed by atoms with Gasteiger partial charge in [0, 0.05) is 11.1 Å². The van der Waals surface area contributed by atoms with Gasteiger partial charge in [0.25, 0.3) is 0 Å². The van der Waals surface area contributed by atoms with Crippen LogP contribution in [0, 0.1) is 6.92 Å². The van der Waals surface area contributed by atoms with Gasteiger partial charge in [-0.25, -0.2) is 10.4 Å². The fraction of sp³-hybridized carbons (Fsp3) is 0.312. The minimum Gasteiger partial charge on any atom is -0.492 e. The fourth-order valence-electron chi connectivity index (χ4n) is 1.96. The molecule has 8 heteroatoms. The standard InChI is InChI=1S/C16H18BrN3O3S/c1-4-23-13-6-11(5-12(17)16(13)22-3)8-18-20-14(21)7-15-19-10(2)9-24-15/h5-6,8-9H,4,7H2,1-3H3,(H,20,21)/b18-8-. The van der Waals surface area contributed by atoms with E-state index in [-0.39, 0.29) is 12.3 Å². The zero-order valence-corrected chi connectivity index (χ0v) is 16.0. The summed E-state index contributed by atoms with van der Waals surface area (Å²) in [5.74, 6) is 1.02. The van der Waals surface area contributed by atoms with E-state index in [1.807, 2.05) is 25.3 Å². The van der Waals surface area contributed by atoms with Crippen LogP contribution in [0.5, 0.6) is 11.5 Å². The first-order valence-corrected chi connectivity index (χ1v) is 8.94. The largest absolute Gasteiger partial charge is 0.492 e. The Hall–Kier alpha value is -1.93. The average Bonchev–Trinajstić information content (AvgIpc) is 2.92. The van der Waals surface area contributed by atoms with Crippen molar-refractivity contribution in [2.24, 2.45) is 5.10 Å². The molecule has 0 radical (unpaired) electrons. The summed E-state index contributed by atoms with van der Waals surface area (Å²) in [5.41, 5.74) is 4.19. The molecule has 0 saturated carbocycles. The number of hydrogen-bond donors (Lipinski definition) is 1. The minimum absolute atomic E-state index is 0.210. The molecule has 24 heavy (non-hydrogen) atoms. The Morgan fingerprint density at radius 2 is 2.29 bits per heavy atom. The molecule has 0 atom stereocenters. The monoisotopic (exact) mass is 411 g/mol. The smallest absolute Gasteiger partial charge is 0.246 e. The van der Waals surface area contributed by atoms with Crippen molar-refractivity contribution in [1.29, 1.82) is 0 Å². The molecule has 0 fully saturated rings. The van der Waals surface area contributed by atoms with Crippen molar-refractivity contribution in [2.45, 2.75) is 20.3 Å². The second-order valence-electron chi connectivity index (χ2n) is 4.82. The summed E-state index contributed by atoms with van der Waals surface area (Å²) >= 11 is 4.90. The van der Waals surface area contributed by atoms with Gasteiger partial charge in [-0.3, -0.25) is 4.79 Å². The summed E-state index contributed by atoms with van der Waals surface area (Å²) in [6.45, 7) is 4.32. The van der Waals surface area contributed by atoms with Crippen LogP contribution in [0.4, 0.5) is 0 Å². The van der Waals surface area contributed by atoms with Gasteiger partial charge in [-0.1, -0.05) is 0 Å². The summed E-state index contributed by atoms with van der Waals surface area (Å²) in [6, 6.07) is 3.63. The van der Waals surface area contributed by atoms with Crippen molar-refractivity contribution in [3.63, 3.8) is 0 Å². The van der Waals surface area contributed by atoms with Gasteiger partial charge in [-0.15, -0.1) is 11.3 Å². The summed E-state index contributed by atoms with van der Waals surface area (Å²) in [6.07, 6.45) is 1.77. The van der Waals surface area contributed by atoms with Gasteiger partial charge in [0.15, 0.2) is 11.5 Å². The lowest BCUT2D eigenvalue weighted by atomic mass is 10.2. The zero-order chi connectivity index (χ0) is 17.5. The maximum atomic E-state index is 11.8. The van der Waals surface area contributed by atoms with Crippen molar-refractivity contribution in [1.82, 2.24) is 10.4 Å². The number of amides is 1. The normalized spacial score (nSPS) is 10.8. The molecule has 1 aromatic carbocycles. The number of hydrogen-bond acceptors (Lipinski definition) is 6. The highest BCUT2D eigenvalue weighted by Gasteiger charge is 2.10. The van der Waals surface area contributed by atoms with Crippen LogP contribution >= 0.6 is 27.3 Å². The molecule has 0 saturated heterocycles. The quantitative estimate of drug-likeness (QED) is 0.560. The lowest BCUT2D eigenvalue weighted by molar-refractivity contribution is -0.120. The van der Waals surface area contributed by atoms with Crippen LogP contribution in [-0.4, -0.2) is 30.8 Å². The number of aryl methyl sites for hydroxylation is 1. The third kappa shape index (κ3) is 5.04.